The number of hydrogen-bond donors (Lipinski definition) is 4. The van der Waals surface area contributed by atoms with Gasteiger partial charge in [0.15, 0.2) is 0 Å². The third-order valence-electron chi connectivity index (χ3n) is 8.07. The number of allylic oxidation sites excluding steroid dienone is 7. The largest absolute Gasteiger partial charge is 0.387 e. The van der Waals surface area contributed by atoms with E-state index in [-0.39, 0.29) is 6.42 Å². The lowest BCUT2D eigenvalue weighted by molar-refractivity contribution is -0.130. The fraction of sp³-hybridized carbons (Fsp3) is 0.763. The first-order valence-electron chi connectivity index (χ1n) is 18.4. The van der Waals surface area contributed by atoms with E-state index in [1.54, 1.807) is 6.08 Å². The first kappa shape index (κ1) is 44.3. The molecule has 0 fully saturated rings. The van der Waals surface area contributed by atoms with Gasteiger partial charge in [-0.05, 0) is 64.2 Å². The van der Waals surface area contributed by atoms with Gasteiger partial charge in [0.05, 0.1) is 17.9 Å². The Bertz CT molecular complexity index is 927. The van der Waals surface area contributed by atoms with Crippen LogP contribution in [-0.4, -0.2) is 53.1 Å². The van der Waals surface area contributed by atoms with Crippen LogP contribution in [0.1, 0.15) is 162 Å². The minimum atomic E-state index is -4.46. The third kappa shape index (κ3) is 30.9. The Morgan fingerprint density at radius 1 is 0.587 bits per heavy atom. The number of aliphatic hydroxyl groups is 2. The highest BCUT2D eigenvalue weighted by Gasteiger charge is 2.27. The predicted molar refractivity (Wildman–Crippen MR) is 194 cm³/mol. The van der Waals surface area contributed by atoms with Crippen LogP contribution < -0.4 is 5.32 Å². The van der Waals surface area contributed by atoms with Crippen molar-refractivity contribution in [2.45, 2.75) is 180 Å². The highest BCUT2D eigenvalue weighted by atomic mass is 32.2. The molecule has 0 aliphatic carbocycles. The molecule has 0 aromatic rings. The highest BCUT2D eigenvalue weighted by Crippen LogP contribution is 2.12. The normalized spacial score (nSPS) is 14.6. The molecule has 7 nitrogen and oxygen atoms in total. The topological polar surface area (TPSA) is 124 Å². The maximum atomic E-state index is 12.4. The minimum Gasteiger partial charge on any atom is -0.387 e. The van der Waals surface area contributed by atoms with E-state index < -0.39 is 40.0 Å². The monoisotopic (exact) mass is 667 g/mol. The van der Waals surface area contributed by atoms with Crippen molar-refractivity contribution in [3.8, 4) is 0 Å². The van der Waals surface area contributed by atoms with Gasteiger partial charge in [-0.3, -0.25) is 9.35 Å². The number of carbonyl (C=O) groups is 1. The standard InChI is InChI=1S/C38H69NO6S/c1-3-5-7-9-11-13-14-15-16-17-18-19-20-21-22-23-24-25-27-28-30-32-36(40)35(34-46(43,44)45)39-38(42)37(41)33-31-29-26-12-10-8-6-4-2/h20-21,24-26,29-30,32,35-37,40-41H,3-19,22-23,27-28,31,33-34H2,1-2H3,(H,39,42)(H,43,44,45)/b21-20+,25-24+,29-26-,32-30+. The van der Waals surface area contributed by atoms with E-state index in [0.29, 0.717) is 12.8 Å². The van der Waals surface area contributed by atoms with Gasteiger partial charge >= 0.3 is 0 Å². The van der Waals surface area contributed by atoms with E-state index in [1.165, 1.54) is 96.0 Å². The fourth-order valence-electron chi connectivity index (χ4n) is 5.19. The van der Waals surface area contributed by atoms with Crippen molar-refractivity contribution in [1.29, 1.82) is 0 Å². The van der Waals surface area contributed by atoms with Crippen molar-refractivity contribution in [1.82, 2.24) is 5.32 Å². The van der Waals surface area contributed by atoms with Gasteiger partial charge in [-0.1, -0.05) is 146 Å². The van der Waals surface area contributed by atoms with Crippen molar-refractivity contribution in [2.75, 3.05) is 5.75 Å². The van der Waals surface area contributed by atoms with Gasteiger partial charge in [0.2, 0.25) is 5.91 Å². The number of rotatable bonds is 32. The third-order valence-corrected chi connectivity index (χ3v) is 8.85. The van der Waals surface area contributed by atoms with Crippen LogP contribution in [-0.2, 0) is 14.9 Å². The van der Waals surface area contributed by atoms with Crippen LogP contribution >= 0.6 is 0 Å². The minimum absolute atomic E-state index is 0.184. The van der Waals surface area contributed by atoms with Crippen LogP contribution in [0.15, 0.2) is 48.6 Å². The zero-order chi connectivity index (χ0) is 34.1. The second-order valence-electron chi connectivity index (χ2n) is 12.6. The number of carbonyl (C=O) groups excluding carboxylic acids is 1. The number of hydrogen-bond acceptors (Lipinski definition) is 5. The average Bonchev–Trinajstić information content (AvgIpc) is 3.01. The molecule has 46 heavy (non-hydrogen) atoms. The van der Waals surface area contributed by atoms with Gasteiger partial charge in [0.1, 0.15) is 6.10 Å². The molecule has 0 spiro atoms. The quantitative estimate of drug-likeness (QED) is 0.0322. The molecular formula is C38H69NO6S. The van der Waals surface area contributed by atoms with Crippen LogP contribution in [0.2, 0.25) is 0 Å². The molecule has 0 aromatic heterocycles. The molecule has 0 aliphatic heterocycles. The van der Waals surface area contributed by atoms with Gasteiger partial charge in [-0.15, -0.1) is 0 Å². The molecule has 0 aromatic carbocycles. The molecule has 0 radical (unpaired) electrons. The van der Waals surface area contributed by atoms with Crippen molar-refractivity contribution >= 4 is 16.0 Å². The number of nitrogens with one attached hydrogen (secondary N) is 1. The summed E-state index contributed by atoms with van der Waals surface area (Å²) in [6.45, 7) is 4.43. The van der Waals surface area contributed by atoms with Gasteiger partial charge in [-0.2, -0.15) is 8.42 Å². The molecule has 4 N–H and O–H groups in total. The maximum absolute atomic E-state index is 12.4. The Morgan fingerprint density at radius 2 is 0.978 bits per heavy atom. The molecule has 8 heteroatoms. The first-order valence-corrected chi connectivity index (χ1v) is 20.1. The summed E-state index contributed by atoms with van der Waals surface area (Å²) in [5, 5.41) is 23.1. The summed E-state index contributed by atoms with van der Waals surface area (Å²) in [7, 11) is -4.46. The van der Waals surface area contributed by atoms with E-state index >= 15 is 0 Å². The summed E-state index contributed by atoms with van der Waals surface area (Å²) < 4.78 is 32.3. The smallest absolute Gasteiger partial charge is 0.267 e. The predicted octanol–water partition coefficient (Wildman–Crippen LogP) is 9.32. The lowest BCUT2D eigenvalue weighted by Gasteiger charge is -2.22. The number of aliphatic hydroxyl groups excluding tert-OH is 2. The highest BCUT2D eigenvalue weighted by molar-refractivity contribution is 7.85. The molecule has 3 atom stereocenters. The molecule has 0 aliphatic rings. The van der Waals surface area contributed by atoms with Gasteiger partial charge in [-0.25, -0.2) is 0 Å². The zero-order valence-electron chi connectivity index (χ0n) is 29.3. The van der Waals surface area contributed by atoms with Gasteiger partial charge in [0, 0.05) is 0 Å². The first-order chi connectivity index (χ1) is 22.2. The van der Waals surface area contributed by atoms with Gasteiger partial charge < -0.3 is 15.5 Å². The van der Waals surface area contributed by atoms with Crippen molar-refractivity contribution in [2.24, 2.45) is 0 Å². The van der Waals surface area contributed by atoms with E-state index in [2.05, 4.69) is 43.5 Å². The number of amides is 1. The van der Waals surface area contributed by atoms with Crippen molar-refractivity contribution in [3.63, 3.8) is 0 Å². The molecule has 1 amide bonds. The lowest BCUT2D eigenvalue weighted by atomic mass is 10.1. The summed E-state index contributed by atoms with van der Waals surface area (Å²) in [6.07, 6.45) is 39.2. The van der Waals surface area contributed by atoms with E-state index in [4.69, 9.17) is 0 Å². The molecule has 0 saturated heterocycles. The Hall–Kier alpha value is -1.74. The average molecular weight is 668 g/mol. The second-order valence-corrected chi connectivity index (χ2v) is 14.1. The van der Waals surface area contributed by atoms with Crippen molar-refractivity contribution in [3.05, 3.63) is 48.6 Å². The molecular weight excluding hydrogens is 598 g/mol. The SMILES string of the molecule is CCCCCC/C=C\CCC(O)C(=O)NC(CS(=O)(=O)O)C(O)/C=C/CC/C=C/CC/C=C/CCCCCCCCCCCCC. The fourth-order valence-corrected chi connectivity index (χ4v) is 5.93. The van der Waals surface area contributed by atoms with Crippen LogP contribution in [0.4, 0.5) is 0 Å². The summed E-state index contributed by atoms with van der Waals surface area (Å²) in [5.74, 6) is -1.62. The van der Waals surface area contributed by atoms with Crippen LogP contribution in [0.3, 0.4) is 0 Å². The van der Waals surface area contributed by atoms with E-state index in [0.717, 1.165) is 38.5 Å². The zero-order valence-corrected chi connectivity index (χ0v) is 30.1. The van der Waals surface area contributed by atoms with E-state index in [9.17, 15) is 28.0 Å². The molecule has 0 bridgehead atoms. The Kier molecular flexibility index (Phi) is 30.6. The summed E-state index contributed by atoms with van der Waals surface area (Å²) >= 11 is 0. The maximum Gasteiger partial charge on any atom is 0.267 e. The second kappa shape index (κ2) is 31.8. The summed E-state index contributed by atoms with van der Waals surface area (Å²) in [4.78, 5) is 12.4. The Balaban J connectivity index is 4.15. The Labute approximate surface area is 282 Å². The summed E-state index contributed by atoms with van der Waals surface area (Å²) in [5.41, 5.74) is 0. The summed E-state index contributed by atoms with van der Waals surface area (Å²) in [6, 6.07) is -1.27. The molecule has 0 heterocycles. The molecule has 3 unspecified atom stereocenters. The van der Waals surface area contributed by atoms with E-state index in [1.807, 2.05) is 12.2 Å². The Morgan fingerprint density at radius 3 is 1.46 bits per heavy atom. The van der Waals surface area contributed by atoms with Gasteiger partial charge in [0.25, 0.3) is 10.1 Å². The molecule has 268 valence electrons. The molecule has 0 rings (SSSR count). The number of unbranched alkanes of at least 4 members (excludes halogenated alkanes) is 17. The van der Waals surface area contributed by atoms with Crippen LogP contribution in [0, 0.1) is 0 Å². The molecule has 0 saturated carbocycles. The van der Waals surface area contributed by atoms with Crippen LogP contribution in [0.5, 0.6) is 0 Å². The van der Waals surface area contributed by atoms with Crippen molar-refractivity contribution < 1.29 is 28.0 Å². The van der Waals surface area contributed by atoms with Crippen LogP contribution in [0.25, 0.3) is 0 Å². The lowest BCUT2D eigenvalue weighted by Crippen LogP contribution is -2.50.